The Balaban J connectivity index is 1.62. The number of aliphatic hydroxyl groups excluding tert-OH is 1. The van der Waals surface area contributed by atoms with Gasteiger partial charge in [0.05, 0.1) is 47.9 Å². The first-order valence-electron chi connectivity index (χ1n) is 11.9. The third-order valence-electron chi connectivity index (χ3n) is 7.36. The molecule has 8 nitrogen and oxygen atoms in total. The molecule has 5 rings (SSSR count). The van der Waals surface area contributed by atoms with Crippen LogP contribution in [-0.4, -0.2) is 63.6 Å². The topological polar surface area (TPSA) is 105 Å². The van der Waals surface area contributed by atoms with Crippen molar-refractivity contribution in [1.82, 2.24) is 4.90 Å². The summed E-state index contributed by atoms with van der Waals surface area (Å²) in [6.45, 7) is 1.44. The molecule has 0 saturated carbocycles. The number of hydrogen-bond acceptors (Lipinski definition) is 6. The highest BCUT2D eigenvalue weighted by atomic mass is 79.9. The van der Waals surface area contributed by atoms with Gasteiger partial charge in [0, 0.05) is 4.83 Å². The smallest absolute Gasteiger partial charge is 0.312 e. The molecule has 3 saturated heterocycles. The summed E-state index contributed by atoms with van der Waals surface area (Å²) in [4.78, 5) is 42.2. The molecule has 3 heterocycles. The number of carbonyl (C=O) groups excluding carboxylic acids is 3. The van der Waals surface area contributed by atoms with Gasteiger partial charge in [-0.1, -0.05) is 70.0 Å². The Morgan fingerprint density at radius 2 is 1.94 bits per heavy atom. The van der Waals surface area contributed by atoms with Gasteiger partial charge in [0.2, 0.25) is 11.8 Å². The number of anilines is 1. The predicted molar refractivity (Wildman–Crippen MR) is 136 cm³/mol. The number of nitrogens with one attached hydrogen (secondary N) is 1. The quantitative estimate of drug-likeness (QED) is 0.387. The molecule has 190 valence electrons. The number of aliphatic hydroxyl groups is 1. The van der Waals surface area contributed by atoms with Gasteiger partial charge < -0.3 is 24.8 Å². The number of hydrogen-bond donors (Lipinski definition) is 2. The standard InChI is InChI=1S/C26H26BrClN2O6/c1-2-35-25(34)19-20-24(33)30(18(13-31)14-8-4-3-5-9-14)22(26(20)12-15(27)21(19)36-26)23(32)29-17-11-7-6-10-16(17)28/h3-11,15,18-22,31H,2,12-13H2,1H3,(H,29,32)/t15?,18-,19-,20+,21-,22-,26+/m1/s1. The van der Waals surface area contributed by atoms with Crippen molar-refractivity contribution >= 4 is 51.0 Å². The molecule has 3 aliphatic heterocycles. The fourth-order valence-electron chi connectivity index (χ4n) is 6.00. The minimum atomic E-state index is -1.28. The first-order valence-corrected chi connectivity index (χ1v) is 13.1. The maximum Gasteiger partial charge on any atom is 0.312 e. The third-order valence-corrected chi connectivity index (χ3v) is 8.53. The van der Waals surface area contributed by atoms with E-state index < -0.39 is 60.0 Å². The second kappa shape index (κ2) is 9.78. The second-order valence-corrected chi connectivity index (χ2v) is 10.8. The summed E-state index contributed by atoms with van der Waals surface area (Å²) in [5.74, 6) is -3.24. The van der Waals surface area contributed by atoms with E-state index in [-0.39, 0.29) is 11.4 Å². The first kappa shape index (κ1) is 25.2. The van der Waals surface area contributed by atoms with E-state index in [1.165, 1.54) is 4.90 Å². The molecule has 2 aromatic rings. The molecule has 0 radical (unpaired) electrons. The Kier molecular flexibility index (Phi) is 6.84. The van der Waals surface area contributed by atoms with Crippen molar-refractivity contribution in [2.24, 2.45) is 11.8 Å². The number of ether oxygens (including phenoxy) is 2. The van der Waals surface area contributed by atoms with Crippen LogP contribution in [0.25, 0.3) is 0 Å². The molecule has 2 N–H and O–H groups in total. The first-order chi connectivity index (χ1) is 17.3. The number of halogens is 2. The van der Waals surface area contributed by atoms with E-state index >= 15 is 0 Å². The Labute approximate surface area is 222 Å². The molecule has 7 atom stereocenters. The van der Waals surface area contributed by atoms with Crippen molar-refractivity contribution in [3.05, 3.63) is 65.2 Å². The lowest BCUT2D eigenvalue weighted by molar-refractivity contribution is -0.155. The SMILES string of the molecule is CCOC(=O)[C@H]1[C@@H]2O[C@@]3(CC2Br)[C@@H]1C(=O)N([C@H](CO)c1ccccc1)[C@@H]3C(=O)Nc1ccccc1Cl. The second-order valence-electron chi connectivity index (χ2n) is 9.24. The average Bonchev–Trinajstić information content (AvgIpc) is 3.46. The molecule has 1 unspecified atom stereocenters. The summed E-state index contributed by atoms with van der Waals surface area (Å²) in [7, 11) is 0. The molecule has 3 fully saturated rings. The normalized spacial score (nSPS) is 31.3. The van der Waals surface area contributed by atoms with Crippen LogP contribution in [0, 0.1) is 11.8 Å². The molecule has 1 spiro atoms. The van der Waals surface area contributed by atoms with E-state index in [1.54, 1.807) is 55.5 Å². The molecule has 2 bridgehead atoms. The van der Waals surface area contributed by atoms with Crippen LogP contribution in [0.2, 0.25) is 5.02 Å². The summed E-state index contributed by atoms with van der Waals surface area (Å²) in [5.41, 5.74) is -0.222. The number of rotatable bonds is 7. The number of carbonyl (C=O) groups is 3. The van der Waals surface area contributed by atoms with Gasteiger partial charge in [0.1, 0.15) is 11.6 Å². The van der Waals surface area contributed by atoms with Crippen molar-refractivity contribution in [2.45, 2.75) is 42.0 Å². The largest absolute Gasteiger partial charge is 0.466 e. The molecule has 0 aliphatic carbocycles. The number of nitrogens with zero attached hydrogens (tertiary/aromatic N) is 1. The van der Waals surface area contributed by atoms with Gasteiger partial charge in [-0.25, -0.2) is 0 Å². The van der Waals surface area contributed by atoms with Crippen molar-refractivity contribution in [2.75, 3.05) is 18.5 Å². The van der Waals surface area contributed by atoms with Crippen molar-refractivity contribution in [3.63, 3.8) is 0 Å². The number of likely N-dealkylation sites (tertiary alicyclic amines) is 1. The zero-order valence-corrected chi connectivity index (χ0v) is 21.8. The zero-order chi connectivity index (χ0) is 25.6. The minimum Gasteiger partial charge on any atom is -0.466 e. The molecule has 3 aliphatic rings. The number of alkyl halides is 1. The van der Waals surface area contributed by atoms with Crippen molar-refractivity contribution in [1.29, 1.82) is 0 Å². The van der Waals surface area contributed by atoms with Crippen molar-refractivity contribution in [3.8, 4) is 0 Å². The number of benzene rings is 2. The van der Waals surface area contributed by atoms with E-state index in [4.69, 9.17) is 21.1 Å². The average molecular weight is 578 g/mol. The summed E-state index contributed by atoms with van der Waals surface area (Å²) < 4.78 is 11.7. The highest BCUT2D eigenvalue weighted by Crippen LogP contribution is 2.61. The number of para-hydroxylation sites is 1. The van der Waals surface area contributed by atoms with E-state index in [2.05, 4.69) is 21.2 Å². The number of fused-ring (bicyclic) bond motifs is 1. The fraction of sp³-hybridized carbons (Fsp3) is 0.423. The molecular weight excluding hydrogens is 552 g/mol. The Morgan fingerprint density at radius 3 is 2.61 bits per heavy atom. The molecule has 2 aromatic carbocycles. The van der Waals surface area contributed by atoms with Gasteiger partial charge >= 0.3 is 5.97 Å². The molecular formula is C26H26BrClN2O6. The minimum absolute atomic E-state index is 0.159. The van der Waals surface area contributed by atoms with Crippen LogP contribution < -0.4 is 5.32 Å². The molecule has 0 aromatic heterocycles. The van der Waals surface area contributed by atoms with Crippen LogP contribution >= 0.6 is 27.5 Å². The van der Waals surface area contributed by atoms with E-state index in [0.29, 0.717) is 22.7 Å². The maximum absolute atomic E-state index is 14.1. The summed E-state index contributed by atoms with van der Waals surface area (Å²) in [6, 6.07) is 13.9. The highest BCUT2D eigenvalue weighted by molar-refractivity contribution is 9.09. The van der Waals surface area contributed by atoms with Gasteiger partial charge in [-0.2, -0.15) is 0 Å². The molecule has 2 amide bonds. The Hall–Kier alpha value is -2.46. The lowest BCUT2D eigenvalue weighted by Gasteiger charge is -2.37. The van der Waals surface area contributed by atoms with Crippen LogP contribution in [0.1, 0.15) is 24.9 Å². The van der Waals surface area contributed by atoms with Crippen LogP contribution in [0.15, 0.2) is 54.6 Å². The summed E-state index contributed by atoms with van der Waals surface area (Å²) in [6.07, 6.45) is -0.270. The number of amides is 2. The maximum atomic E-state index is 14.1. The van der Waals surface area contributed by atoms with E-state index in [0.717, 1.165) is 0 Å². The fourth-order valence-corrected chi connectivity index (χ4v) is 7.13. The third kappa shape index (κ3) is 3.84. The lowest BCUT2D eigenvalue weighted by atomic mass is 9.70. The lowest BCUT2D eigenvalue weighted by Crippen LogP contribution is -2.54. The monoisotopic (exact) mass is 576 g/mol. The Morgan fingerprint density at radius 1 is 1.25 bits per heavy atom. The molecule has 10 heteroatoms. The van der Waals surface area contributed by atoms with Crippen molar-refractivity contribution < 1.29 is 29.0 Å². The molecule has 36 heavy (non-hydrogen) atoms. The van der Waals surface area contributed by atoms with E-state index in [9.17, 15) is 19.5 Å². The van der Waals surface area contributed by atoms with Gasteiger partial charge in [-0.15, -0.1) is 0 Å². The summed E-state index contributed by atoms with van der Waals surface area (Å²) in [5, 5.41) is 13.6. The van der Waals surface area contributed by atoms with E-state index in [1.807, 2.05) is 6.07 Å². The number of esters is 1. The van der Waals surface area contributed by atoms with Gasteiger partial charge in [-0.05, 0) is 31.0 Å². The van der Waals surface area contributed by atoms with Gasteiger partial charge in [0.25, 0.3) is 0 Å². The summed E-state index contributed by atoms with van der Waals surface area (Å²) >= 11 is 9.92. The van der Waals surface area contributed by atoms with Gasteiger partial charge in [-0.3, -0.25) is 14.4 Å². The zero-order valence-electron chi connectivity index (χ0n) is 19.5. The van der Waals surface area contributed by atoms with Crippen LogP contribution in [-0.2, 0) is 23.9 Å². The van der Waals surface area contributed by atoms with Crippen LogP contribution in [0.5, 0.6) is 0 Å². The highest BCUT2D eigenvalue weighted by Gasteiger charge is 2.77. The van der Waals surface area contributed by atoms with Crippen LogP contribution in [0.4, 0.5) is 5.69 Å². The predicted octanol–water partition coefficient (Wildman–Crippen LogP) is 3.32. The van der Waals surface area contributed by atoms with Gasteiger partial charge in [0.15, 0.2) is 0 Å². The van der Waals surface area contributed by atoms with Crippen LogP contribution in [0.3, 0.4) is 0 Å². The Bertz CT molecular complexity index is 1180.